The minimum atomic E-state index is -0.449. The highest BCUT2D eigenvalue weighted by Gasteiger charge is 2.33. The van der Waals surface area contributed by atoms with E-state index in [1.807, 2.05) is 6.07 Å². The minimum Gasteiger partial charge on any atom is -0.389 e. The lowest BCUT2D eigenvalue weighted by molar-refractivity contribution is -0.0219. The average Bonchev–Trinajstić information content (AvgIpc) is 3.01. The lowest BCUT2D eigenvalue weighted by atomic mass is 9.84. The van der Waals surface area contributed by atoms with E-state index in [1.54, 1.807) is 12.3 Å². The van der Waals surface area contributed by atoms with Crippen molar-refractivity contribution in [1.82, 2.24) is 9.88 Å². The number of aliphatic hydroxyl groups is 1. The van der Waals surface area contributed by atoms with Gasteiger partial charge in [0.1, 0.15) is 11.9 Å². The van der Waals surface area contributed by atoms with Gasteiger partial charge in [0, 0.05) is 25.8 Å². The smallest absolute Gasteiger partial charge is 0.125 e. The molecule has 2 fully saturated rings. The molecule has 5 heteroatoms. The summed E-state index contributed by atoms with van der Waals surface area (Å²) in [7, 11) is 0. The van der Waals surface area contributed by atoms with Gasteiger partial charge in [0.2, 0.25) is 0 Å². The first-order valence-electron chi connectivity index (χ1n) is 8.72. The fourth-order valence-corrected chi connectivity index (χ4v) is 3.82. The van der Waals surface area contributed by atoms with E-state index in [0.717, 1.165) is 44.8 Å². The van der Waals surface area contributed by atoms with E-state index < -0.39 is 5.60 Å². The molecule has 1 aliphatic carbocycles. The van der Waals surface area contributed by atoms with Gasteiger partial charge >= 0.3 is 0 Å². The van der Waals surface area contributed by atoms with Crippen molar-refractivity contribution < 1.29 is 5.11 Å². The van der Waals surface area contributed by atoms with Crippen LogP contribution in [0.2, 0.25) is 0 Å². The molecule has 124 valence electrons. The number of rotatable bonds is 5. The molecule has 0 unspecified atom stereocenters. The van der Waals surface area contributed by atoms with Gasteiger partial charge in [-0.05, 0) is 43.9 Å². The molecule has 0 aromatic carbocycles. The van der Waals surface area contributed by atoms with Gasteiger partial charge in [-0.25, -0.2) is 4.98 Å². The van der Waals surface area contributed by atoms with Gasteiger partial charge in [0.25, 0.3) is 0 Å². The van der Waals surface area contributed by atoms with Gasteiger partial charge < -0.3 is 15.3 Å². The third kappa shape index (κ3) is 4.43. The predicted octanol–water partition coefficient (Wildman–Crippen LogP) is 2.38. The number of nitrogens with zero attached hydrogens (tertiary/aromatic N) is 3. The summed E-state index contributed by atoms with van der Waals surface area (Å²) in [5.74, 6) is 1.42. The monoisotopic (exact) mass is 314 g/mol. The van der Waals surface area contributed by atoms with Crippen LogP contribution >= 0.6 is 0 Å². The van der Waals surface area contributed by atoms with E-state index >= 15 is 0 Å². The van der Waals surface area contributed by atoms with Crippen LogP contribution in [-0.4, -0.2) is 46.8 Å². The highest BCUT2D eigenvalue weighted by molar-refractivity contribution is 5.38. The van der Waals surface area contributed by atoms with Crippen LogP contribution in [0.1, 0.15) is 44.1 Å². The molecule has 2 heterocycles. The van der Waals surface area contributed by atoms with Gasteiger partial charge in [-0.15, -0.1) is 0 Å². The second-order valence-corrected chi connectivity index (χ2v) is 7.10. The molecule has 3 rings (SSSR count). The molecule has 0 radical (unpaired) electrons. The normalized spacial score (nSPS) is 24.3. The maximum Gasteiger partial charge on any atom is 0.125 e. The predicted molar refractivity (Wildman–Crippen MR) is 90.0 cm³/mol. The number of β-amino-alcohol motifs (C(OH)–C–C–N with tert-alkyl or cyclic N) is 1. The van der Waals surface area contributed by atoms with Crippen LogP contribution in [-0.2, 0) is 0 Å². The first kappa shape index (κ1) is 16.2. The lowest BCUT2D eigenvalue weighted by Gasteiger charge is -2.35. The number of nitrogens with one attached hydrogen (secondary N) is 1. The third-order valence-corrected chi connectivity index (χ3v) is 5.14. The molecule has 2 N–H and O–H groups in total. The number of likely N-dealkylation sites (tertiary alicyclic amines) is 1. The number of aromatic nitrogens is 1. The first-order chi connectivity index (χ1) is 11.2. The van der Waals surface area contributed by atoms with Crippen LogP contribution in [0.3, 0.4) is 0 Å². The number of hydrogen-bond donors (Lipinski definition) is 2. The molecule has 1 atom stereocenters. The molecule has 1 aliphatic heterocycles. The third-order valence-electron chi connectivity index (χ3n) is 5.14. The minimum absolute atomic E-state index is 0.449. The number of nitriles is 1. The molecule has 23 heavy (non-hydrogen) atoms. The first-order valence-corrected chi connectivity index (χ1v) is 8.72. The topological polar surface area (TPSA) is 72.2 Å². The Morgan fingerprint density at radius 1 is 1.35 bits per heavy atom. The Morgan fingerprint density at radius 2 is 2.17 bits per heavy atom. The Morgan fingerprint density at radius 3 is 2.87 bits per heavy atom. The quantitative estimate of drug-likeness (QED) is 0.873. The summed E-state index contributed by atoms with van der Waals surface area (Å²) in [4.78, 5) is 6.67. The van der Waals surface area contributed by atoms with Crippen molar-refractivity contribution in [2.75, 3.05) is 31.5 Å². The summed E-state index contributed by atoms with van der Waals surface area (Å²) in [6.45, 7) is 3.85. The summed E-state index contributed by atoms with van der Waals surface area (Å²) in [6, 6.07) is 5.72. The van der Waals surface area contributed by atoms with E-state index in [2.05, 4.69) is 21.3 Å². The molecule has 0 bridgehead atoms. The Labute approximate surface area is 138 Å². The Bertz CT molecular complexity index is 545. The van der Waals surface area contributed by atoms with Crippen molar-refractivity contribution in [3.63, 3.8) is 0 Å². The Hall–Kier alpha value is -1.64. The van der Waals surface area contributed by atoms with Crippen molar-refractivity contribution >= 4 is 5.82 Å². The fraction of sp³-hybridized carbons (Fsp3) is 0.667. The molecule has 1 saturated heterocycles. The maximum absolute atomic E-state index is 10.7. The van der Waals surface area contributed by atoms with E-state index in [1.165, 1.54) is 25.7 Å². The van der Waals surface area contributed by atoms with E-state index in [4.69, 9.17) is 5.26 Å². The highest BCUT2D eigenvalue weighted by Crippen LogP contribution is 2.30. The molecule has 1 saturated carbocycles. The van der Waals surface area contributed by atoms with Crippen LogP contribution in [0.25, 0.3) is 0 Å². The molecular weight excluding hydrogens is 288 g/mol. The van der Waals surface area contributed by atoms with Crippen LogP contribution in [0.15, 0.2) is 18.3 Å². The van der Waals surface area contributed by atoms with E-state index in [-0.39, 0.29) is 0 Å². The maximum atomic E-state index is 10.7. The molecular formula is C18H26N4O. The number of anilines is 1. The highest BCUT2D eigenvalue weighted by atomic mass is 16.3. The van der Waals surface area contributed by atoms with E-state index in [9.17, 15) is 5.11 Å². The summed E-state index contributed by atoms with van der Waals surface area (Å²) in [6.07, 6.45) is 8.29. The molecule has 5 nitrogen and oxygen atoms in total. The zero-order valence-electron chi connectivity index (χ0n) is 13.7. The second kappa shape index (κ2) is 7.29. The summed E-state index contributed by atoms with van der Waals surface area (Å²) in [5, 5.41) is 22.8. The Kier molecular flexibility index (Phi) is 5.14. The number of pyridine rings is 1. The largest absolute Gasteiger partial charge is 0.389 e. The average molecular weight is 314 g/mol. The molecule has 2 aliphatic rings. The van der Waals surface area contributed by atoms with Gasteiger partial charge in [0.15, 0.2) is 0 Å². The van der Waals surface area contributed by atoms with Gasteiger partial charge in [0.05, 0.1) is 11.2 Å². The van der Waals surface area contributed by atoms with Gasteiger partial charge in [-0.1, -0.05) is 19.3 Å². The zero-order valence-corrected chi connectivity index (χ0v) is 13.7. The van der Waals surface area contributed by atoms with Crippen LogP contribution < -0.4 is 5.32 Å². The lowest BCUT2D eigenvalue weighted by Crippen LogP contribution is -2.43. The second-order valence-electron chi connectivity index (χ2n) is 7.10. The van der Waals surface area contributed by atoms with E-state index in [0.29, 0.717) is 11.5 Å². The molecule has 0 spiro atoms. The summed E-state index contributed by atoms with van der Waals surface area (Å²) < 4.78 is 0. The van der Waals surface area contributed by atoms with Crippen molar-refractivity contribution in [3.8, 4) is 6.07 Å². The molecule has 0 amide bonds. The van der Waals surface area contributed by atoms with Crippen LogP contribution in [0.4, 0.5) is 5.82 Å². The number of hydrogen-bond acceptors (Lipinski definition) is 5. The fourth-order valence-electron chi connectivity index (χ4n) is 3.82. The van der Waals surface area contributed by atoms with Crippen molar-refractivity contribution in [2.45, 2.75) is 44.1 Å². The molecule has 1 aromatic heterocycles. The Balaban J connectivity index is 1.43. The van der Waals surface area contributed by atoms with Crippen molar-refractivity contribution in [2.24, 2.45) is 5.92 Å². The van der Waals surface area contributed by atoms with Crippen LogP contribution in [0.5, 0.6) is 0 Å². The standard InChI is InChI=1S/C18H26N4O/c19-10-15-4-5-17(20-11-15)21-12-16-6-9-22(13-16)14-18(23)7-2-1-3-8-18/h4-5,11,16,23H,1-3,6-9,12-14H2,(H,20,21)/t16-/m0/s1. The van der Waals surface area contributed by atoms with Crippen molar-refractivity contribution in [1.29, 1.82) is 5.26 Å². The molecule has 1 aromatic rings. The SMILES string of the molecule is N#Cc1ccc(NC[C@@H]2CCN(CC3(O)CCCCC3)C2)nc1. The summed E-state index contributed by atoms with van der Waals surface area (Å²) >= 11 is 0. The van der Waals surface area contributed by atoms with Crippen molar-refractivity contribution in [3.05, 3.63) is 23.9 Å². The zero-order chi connectivity index (χ0) is 16.1. The van der Waals surface area contributed by atoms with Gasteiger partial charge in [-0.3, -0.25) is 0 Å². The summed E-state index contributed by atoms with van der Waals surface area (Å²) in [5.41, 5.74) is 0.137. The van der Waals surface area contributed by atoms with Gasteiger partial charge in [-0.2, -0.15) is 5.26 Å². The van der Waals surface area contributed by atoms with Crippen LogP contribution in [0, 0.1) is 17.2 Å².